The summed E-state index contributed by atoms with van der Waals surface area (Å²) in [6, 6.07) is 1.80. The highest BCUT2D eigenvalue weighted by Gasteiger charge is 2.14. The van der Waals surface area contributed by atoms with Crippen molar-refractivity contribution in [2.75, 3.05) is 32.2 Å². The van der Waals surface area contributed by atoms with E-state index in [1.54, 1.807) is 26.5 Å². The van der Waals surface area contributed by atoms with Gasteiger partial charge in [0.05, 0.1) is 23.5 Å². The Morgan fingerprint density at radius 3 is 2.30 bits per heavy atom. The van der Waals surface area contributed by atoms with Gasteiger partial charge in [-0.15, -0.1) is 0 Å². The first-order valence-corrected chi connectivity index (χ1v) is 7.49. The van der Waals surface area contributed by atoms with Crippen molar-refractivity contribution < 1.29 is 9.47 Å². The molecule has 0 aliphatic rings. The minimum absolute atomic E-state index is 0.286. The van der Waals surface area contributed by atoms with Gasteiger partial charge in [0.15, 0.2) is 6.29 Å². The normalized spacial score (nSPS) is 10.2. The molecule has 0 radical (unpaired) electrons. The van der Waals surface area contributed by atoms with Gasteiger partial charge in [-0.1, -0.05) is 44.0 Å². The number of pyridine rings is 1. The summed E-state index contributed by atoms with van der Waals surface area (Å²) in [7, 11) is 3.23. The van der Waals surface area contributed by atoms with Gasteiger partial charge < -0.3 is 14.4 Å². The number of rotatable bonds is 7. The quantitative estimate of drug-likeness (QED) is 0.555. The van der Waals surface area contributed by atoms with Crippen LogP contribution in [-0.2, 0) is 9.47 Å². The first kappa shape index (κ1) is 19.4. The van der Waals surface area contributed by atoms with Gasteiger partial charge in [0.1, 0.15) is 5.15 Å². The molecule has 20 heavy (non-hydrogen) atoms. The maximum atomic E-state index is 5.98. The Morgan fingerprint density at radius 2 is 1.85 bits per heavy atom. The van der Waals surface area contributed by atoms with E-state index < -0.39 is 0 Å². The zero-order valence-electron chi connectivity index (χ0n) is 12.8. The second-order valence-electron chi connectivity index (χ2n) is 3.81. The third-order valence-electron chi connectivity index (χ3n) is 2.54. The van der Waals surface area contributed by atoms with Gasteiger partial charge in [0, 0.05) is 20.8 Å². The van der Waals surface area contributed by atoms with Crippen LogP contribution in [0.4, 0.5) is 5.69 Å². The molecular weight excluding hydrogens is 299 g/mol. The number of methoxy groups -OCH3 is 2. The molecule has 116 valence electrons. The molecule has 0 spiro atoms. The maximum absolute atomic E-state index is 5.98. The van der Waals surface area contributed by atoms with Crippen LogP contribution in [0.2, 0.25) is 10.2 Å². The van der Waals surface area contributed by atoms with Crippen molar-refractivity contribution in [1.82, 2.24) is 4.98 Å². The van der Waals surface area contributed by atoms with E-state index in [0.717, 1.165) is 18.7 Å². The summed E-state index contributed by atoms with van der Waals surface area (Å²) in [6.07, 6.45) is 2.41. The fraction of sp³-hybridized carbons (Fsp3) is 0.643. The molecule has 0 aliphatic heterocycles. The van der Waals surface area contributed by atoms with Crippen molar-refractivity contribution >= 4 is 28.9 Å². The average Bonchev–Trinajstić information content (AvgIpc) is 2.48. The lowest BCUT2D eigenvalue weighted by Gasteiger charge is -2.27. The van der Waals surface area contributed by atoms with Crippen LogP contribution in [0, 0.1) is 0 Å². The molecule has 0 fully saturated rings. The molecule has 0 N–H and O–H groups in total. The average molecular weight is 323 g/mol. The monoisotopic (exact) mass is 322 g/mol. The third kappa shape index (κ3) is 6.27. The fourth-order valence-corrected chi connectivity index (χ4v) is 1.87. The second kappa shape index (κ2) is 11.1. The van der Waals surface area contributed by atoms with Crippen molar-refractivity contribution in [2.24, 2.45) is 0 Å². The minimum Gasteiger partial charge on any atom is -0.365 e. The van der Waals surface area contributed by atoms with Gasteiger partial charge in [-0.25, -0.2) is 4.98 Å². The van der Waals surface area contributed by atoms with Gasteiger partial charge >= 0.3 is 0 Å². The van der Waals surface area contributed by atoms with E-state index in [9.17, 15) is 0 Å². The molecule has 0 amide bonds. The molecule has 0 unspecified atom stereocenters. The number of hydrogen-bond donors (Lipinski definition) is 0. The molecule has 4 nitrogen and oxygen atoms in total. The highest BCUT2D eigenvalue weighted by molar-refractivity contribution is 6.41. The third-order valence-corrected chi connectivity index (χ3v) is 3.22. The molecule has 0 saturated heterocycles. The standard InChI is InChI=1S/C12H18Cl2N2O2.C2H6/c1-4-5-16(8-11(17-2)18-3)9-6-10(13)12(14)15-7-9;1-2/h6-7,11H,4-5,8H2,1-3H3;1-2H3. The minimum atomic E-state index is -0.286. The molecule has 1 aromatic heterocycles. The summed E-state index contributed by atoms with van der Waals surface area (Å²) < 4.78 is 10.4. The molecule has 6 heteroatoms. The fourth-order valence-electron chi connectivity index (χ4n) is 1.61. The SMILES string of the molecule is CC.CCCN(CC(OC)OC)c1cnc(Cl)c(Cl)c1. The van der Waals surface area contributed by atoms with Gasteiger partial charge in [-0.2, -0.15) is 0 Å². The lowest BCUT2D eigenvalue weighted by atomic mass is 10.3. The summed E-state index contributed by atoms with van der Waals surface area (Å²) in [5.74, 6) is 0. The second-order valence-corrected chi connectivity index (χ2v) is 4.58. The van der Waals surface area contributed by atoms with E-state index in [2.05, 4.69) is 16.8 Å². The predicted octanol–water partition coefficient (Wildman–Crippen LogP) is 4.25. The van der Waals surface area contributed by atoms with Gasteiger partial charge in [0.2, 0.25) is 0 Å². The van der Waals surface area contributed by atoms with E-state index >= 15 is 0 Å². The van der Waals surface area contributed by atoms with E-state index in [4.69, 9.17) is 32.7 Å². The van der Waals surface area contributed by atoms with Crippen LogP contribution in [0.5, 0.6) is 0 Å². The van der Waals surface area contributed by atoms with Crippen molar-refractivity contribution in [1.29, 1.82) is 0 Å². The van der Waals surface area contributed by atoms with Crippen molar-refractivity contribution in [3.8, 4) is 0 Å². The van der Waals surface area contributed by atoms with Crippen LogP contribution in [0.25, 0.3) is 0 Å². The summed E-state index contributed by atoms with van der Waals surface area (Å²) in [6.45, 7) is 7.58. The van der Waals surface area contributed by atoms with Gasteiger partial charge in [-0.05, 0) is 12.5 Å². The molecule has 0 bridgehead atoms. The van der Waals surface area contributed by atoms with E-state index in [-0.39, 0.29) is 6.29 Å². The molecule has 1 heterocycles. The summed E-state index contributed by atoms with van der Waals surface area (Å²) >= 11 is 11.8. The molecule has 0 aliphatic carbocycles. The molecule has 1 aromatic rings. The summed E-state index contributed by atoms with van der Waals surface area (Å²) in [4.78, 5) is 6.15. The highest BCUT2D eigenvalue weighted by atomic mass is 35.5. The van der Waals surface area contributed by atoms with E-state index in [1.807, 2.05) is 13.8 Å². The molecule has 1 rings (SSSR count). The smallest absolute Gasteiger partial charge is 0.174 e. The Morgan fingerprint density at radius 1 is 1.25 bits per heavy atom. The topological polar surface area (TPSA) is 34.6 Å². The largest absolute Gasteiger partial charge is 0.365 e. The van der Waals surface area contributed by atoms with Gasteiger partial charge in [-0.3, -0.25) is 0 Å². The Labute approximate surface area is 132 Å². The molecular formula is C14H24Cl2N2O2. The zero-order chi connectivity index (χ0) is 15.5. The number of anilines is 1. The molecule has 0 atom stereocenters. The van der Waals surface area contributed by atoms with Crippen molar-refractivity contribution in [3.05, 3.63) is 22.4 Å². The highest BCUT2D eigenvalue weighted by Crippen LogP contribution is 2.25. The zero-order valence-corrected chi connectivity index (χ0v) is 14.3. The van der Waals surface area contributed by atoms with Crippen LogP contribution in [0.15, 0.2) is 12.3 Å². The first-order chi connectivity index (χ1) is 9.62. The molecule has 0 saturated carbocycles. The Kier molecular flexibility index (Phi) is 10.8. The summed E-state index contributed by atoms with van der Waals surface area (Å²) in [5, 5.41) is 0.758. The Hall–Kier alpha value is -0.550. The first-order valence-electron chi connectivity index (χ1n) is 6.74. The number of ether oxygens (including phenoxy) is 2. The predicted molar refractivity (Wildman–Crippen MR) is 85.9 cm³/mol. The lowest BCUT2D eigenvalue weighted by molar-refractivity contribution is -0.0949. The Balaban J connectivity index is 0.00000172. The van der Waals surface area contributed by atoms with Crippen molar-refractivity contribution in [2.45, 2.75) is 33.5 Å². The number of hydrogen-bond acceptors (Lipinski definition) is 4. The number of halogens is 2. The van der Waals surface area contributed by atoms with E-state index in [1.165, 1.54) is 0 Å². The van der Waals surface area contributed by atoms with Crippen LogP contribution in [0.1, 0.15) is 27.2 Å². The Bertz CT molecular complexity index is 374. The van der Waals surface area contributed by atoms with Crippen LogP contribution < -0.4 is 4.90 Å². The van der Waals surface area contributed by atoms with Crippen molar-refractivity contribution in [3.63, 3.8) is 0 Å². The van der Waals surface area contributed by atoms with E-state index in [0.29, 0.717) is 16.7 Å². The van der Waals surface area contributed by atoms with Crippen LogP contribution in [0.3, 0.4) is 0 Å². The van der Waals surface area contributed by atoms with Gasteiger partial charge in [0.25, 0.3) is 0 Å². The maximum Gasteiger partial charge on any atom is 0.174 e. The number of aromatic nitrogens is 1. The summed E-state index contributed by atoms with van der Waals surface area (Å²) in [5.41, 5.74) is 0.908. The number of nitrogens with zero attached hydrogens (tertiary/aromatic N) is 2. The van der Waals surface area contributed by atoms with Crippen LogP contribution in [-0.4, -0.2) is 38.6 Å². The molecule has 0 aromatic carbocycles. The van der Waals surface area contributed by atoms with Crippen LogP contribution >= 0.6 is 23.2 Å². The lowest BCUT2D eigenvalue weighted by Crippen LogP contribution is -2.35.